The summed E-state index contributed by atoms with van der Waals surface area (Å²) >= 11 is 0. The minimum atomic E-state index is -0.350. The van der Waals surface area contributed by atoms with Gasteiger partial charge in [-0.1, -0.05) is 13.8 Å². The van der Waals surface area contributed by atoms with E-state index in [1.54, 1.807) is 6.92 Å². The van der Waals surface area contributed by atoms with Crippen molar-refractivity contribution in [2.24, 2.45) is 17.1 Å². The summed E-state index contributed by atoms with van der Waals surface area (Å²) in [6.07, 6.45) is 4.95. The highest BCUT2D eigenvalue weighted by atomic mass is 16.2. The Kier molecular flexibility index (Phi) is 5.08. The van der Waals surface area contributed by atoms with Crippen molar-refractivity contribution in [3.63, 3.8) is 0 Å². The lowest BCUT2D eigenvalue weighted by molar-refractivity contribution is -0.135. The van der Waals surface area contributed by atoms with E-state index in [-0.39, 0.29) is 11.9 Å². The minimum absolute atomic E-state index is 0.122. The van der Waals surface area contributed by atoms with Crippen LogP contribution in [0.4, 0.5) is 0 Å². The molecule has 2 N–H and O–H groups in total. The Balaban J connectivity index is 1.81. The summed E-state index contributed by atoms with van der Waals surface area (Å²) in [7, 11) is 0. The molecule has 1 amide bonds. The zero-order chi connectivity index (χ0) is 14.8. The maximum absolute atomic E-state index is 11.9. The maximum atomic E-state index is 11.9. The molecule has 20 heavy (non-hydrogen) atoms. The molecular weight excluding hydrogens is 250 g/mol. The monoisotopic (exact) mass is 281 g/mol. The third-order valence-electron chi connectivity index (χ3n) is 5.07. The lowest BCUT2D eigenvalue weighted by atomic mass is 9.71. The van der Waals surface area contributed by atoms with Gasteiger partial charge in [0.1, 0.15) is 0 Å². The molecule has 2 saturated heterocycles. The smallest absolute Gasteiger partial charge is 0.239 e. The second kappa shape index (κ2) is 6.44. The fourth-order valence-corrected chi connectivity index (χ4v) is 3.72. The topological polar surface area (TPSA) is 49.6 Å². The van der Waals surface area contributed by atoms with E-state index in [4.69, 9.17) is 5.73 Å². The highest BCUT2D eigenvalue weighted by Gasteiger charge is 2.38. The molecule has 2 aliphatic heterocycles. The van der Waals surface area contributed by atoms with Crippen molar-refractivity contribution in [1.29, 1.82) is 0 Å². The minimum Gasteiger partial charge on any atom is -0.341 e. The van der Waals surface area contributed by atoms with E-state index in [1.165, 1.54) is 45.3 Å². The number of carbonyl (C=O) groups excluding carboxylic acids is 1. The highest BCUT2D eigenvalue weighted by Crippen LogP contribution is 2.41. The van der Waals surface area contributed by atoms with Gasteiger partial charge in [0, 0.05) is 19.6 Å². The van der Waals surface area contributed by atoms with Crippen molar-refractivity contribution in [1.82, 2.24) is 9.80 Å². The van der Waals surface area contributed by atoms with Gasteiger partial charge in [0.15, 0.2) is 0 Å². The van der Waals surface area contributed by atoms with Gasteiger partial charge in [0.05, 0.1) is 6.04 Å². The number of piperidine rings is 2. The first-order valence-corrected chi connectivity index (χ1v) is 8.19. The van der Waals surface area contributed by atoms with Gasteiger partial charge in [0.25, 0.3) is 0 Å². The van der Waals surface area contributed by atoms with Crippen molar-refractivity contribution >= 4 is 5.91 Å². The lowest BCUT2D eigenvalue weighted by Crippen LogP contribution is -2.51. The fraction of sp³-hybridized carbons (Fsp3) is 0.938. The molecule has 0 bridgehead atoms. The number of nitrogens with zero attached hydrogens (tertiary/aromatic N) is 2. The molecule has 0 radical (unpaired) electrons. The summed E-state index contributed by atoms with van der Waals surface area (Å²) in [6.45, 7) is 11.9. The third-order valence-corrected chi connectivity index (χ3v) is 5.07. The second-order valence-corrected chi connectivity index (χ2v) is 7.31. The molecule has 1 unspecified atom stereocenters. The van der Waals surface area contributed by atoms with Gasteiger partial charge in [-0.2, -0.15) is 0 Å². The highest BCUT2D eigenvalue weighted by molar-refractivity contribution is 5.81. The molecule has 2 rings (SSSR count). The summed E-state index contributed by atoms with van der Waals surface area (Å²) in [5.41, 5.74) is 6.21. The van der Waals surface area contributed by atoms with Crippen molar-refractivity contribution in [2.75, 3.05) is 32.7 Å². The number of amides is 1. The molecular formula is C16H31N3O. The summed E-state index contributed by atoms with van der Waals surface area (Å²) in [5.74, 6) is 0.881. The predicted octanol–water partition coefficient (Wildman–Crippen LogP) is 1.69. The van der Waals surface area contributed by atoms with Crippen molar-refractivity contribution in [3.05, 3.63) is 0 Å². The van der Waals surface area contributed by atoms with Crippen LogP contribution in [0.15, 0.2) is 0 Å². The molecule has 0 saturated carbocycles. The van der Waals surface area contributed by atoms with Gasteiger partial charge in [-0.15, -0.1) is 0 Å². The van der Waals surface area contributed by atoms with E-state index in [1.807, 2.05) is 4.90 Å². The quantitative estimate of drug-likeness (QED) is 0.856. The average Bonchev–Trinajstić information content (AvgIpc) is 2.41. The second-order valence-electron chi connectivity index (χ2n) is 7.31. The van der Waals surface area contributed by atoms with E-state index in [0.717, 1.165) is 19.0 Å². The van der Waals surface area contributed by atoms with Gasteiger partial charge in [-0.05, 0) is 57.0 Å². The molecule has 2 heterocycles. The first-order chi connectivity index (χ1) is 9.42. The van der Waals surface area contributed by atoms with Crippen LogP contribution in [0.1, 0.15) is 46.5 Å². The lowest BCUT2D eigenvalue weighted by Gasteiger charge is -2.47. The number of hydrogen-bond donors (Lipinski definition) is 1. The van der Waals surface area contributed by atoms with Crippen molar-refractivity contribution in [3.8, 4) is 0 Å². The number of nitrogens with two attached hydrogens (primary N) is 1. The van der Waals surface area contributed by atoms with Crippen molar-refractivity contribution in [2.45, 2.75) is 52.5 Å². The Morgan fingerprint density at radius 3 is 2.00 bits per heavy atom. The van der Waals surface area contributed by atoms with Crippen LogP contribution >= 0.6 is 0 Å². The summed E-state index contributed by atoms with van der Waals surface area (Å²) in [4.78, 5) is 16.5. The first kappa shape index (κ1) is 15.8. The van der Waals surface area contributed by atoms with Crippen LogP contribution in [0.3, 0.4) is 0 Å². The molecule has 2 aliphatic rings. The Hall–Kier alpha value is -0.610. The van der Waals surface area contributed by atoms with Crippen LogP contribution in [0.5, 0.6) is 0 Å². The summed E-state index contributed by atoms with van der Waals surface area (Å²) < 4.78 is 0. The molecule has 4 nitrogen and oxygen atoms in total. The fourth-order valence-electron chi connectivity index (χ4n) is 3.72. The number of carbonyl (C=O) groups is 1. The van der Waals surface area contributed by atoms with E-state index < -0.39 is 0 Å². The summed E-state index contributed by atoms with van der Waals surface area (Å²) in [6, 6.07) is -0.350. The van der Waals surface area contributed by atoms with E-state index in [9.17, 15) is 4.79 Å². The molecule has 0 aliphatic carbocycles. The normalized spacial score (nSPS) is 25.1. The largest absolute Gasteiger partial charge is 0.341 e. The zero-order valence-corrected chi connectivity index (χ0v) is 13.4. The summed E-state index contributed by atoms with van der Waals surface area (Å²) in [5, 5.41) is 0. The molecule has 4 heteroatoms. The molecule has 116 valence electrons. The number of hydrogen-bond acceptors (Lipinski definition) is 3. The molecule has 0 aromatic rings. The predicted molar refractivity (Wildman–Crippen MR) is 82.4 cm³/mol. The molecule has 1 spiro atoms. The number of likely N-dealkylation sites (tertiary alicyclic amines) is 2. The van der Waals surface area contributed by atoms with Crippen LogP contribution < -0.4 is 5.73 Å². The van der Waals surface area contributed by atoms with Crippen LogP contribution in [-0.4, -0.2) is 54.5 Å². The molecule has 1 atom stereocenters. The van der Waals surface area contributed by atoms with Crippen LogP contribution in [0.2, 0.25) is 0 Å². The average molecular weight is 281 g/mol. The molecule has 0 aromatic heterocycles. The van der Waals surface area contributed by atoms with Gasteiger partial charge in [-0.25, -0.2) is 0 Å². The van der Waals surface area contributed by atoms with Crippen LogP contribution in [-0.2, 0) is 4.79 Å². The van der Waals surface area contributed by atoms with E-state index in [0.29, 0.717) is 5.41 Å². The Bertz CT molecular complexity index is 323. The van der Waals surface area contributed by atoms with Gasteiger partial charge in [-0.3, -0.25) is 4.79 Å². The van der Waals surface area contributed by atoms with Gasteiger partial charge < -0.3 is 15.5 Å². The van der Waals surface area contributed by atoms with Crippen molar-refractivity contribution < 1.29 is 4.79 Å². The Morgan fingerprint density at radius 2 is 1.55 bits per heavy atom. The Labute approximate surface area is 123 Å². The van der Waals surface area contributed by atoms with Gasteiger partial charge >= 0.3 is 0 Å². The van der Waals surface area contributed by atoms with Crippen LogP contribution in [0, 0.1) is 11.3 Å². The van der Waals surface area contributed by atoms with E-state index in [2.05, 4.69) is 18.7 Å². The van der Waals surface area contributed by atoms with Crippen LogP contribution in [0.25, 0.3) is 0 Å². The zero-order valence-electron chi connectivity index (χ0n) is 13.4. The number of rotatable bonds is 3. The molecule has 0 aromatic carbocycles. The first-order valence-electron chi connectivity index (χ1n) is 8.19. The van der Waals surface area contributed by atoms with Gasteiger partial charge in [0.2, 0.25) is 5.91 Å². The third kappa shape index (κ3) is 3.73. The standard InChI is InChI=1S/C16H31N3O/c1-13(2)12-18-8-4-16(5-9-18)6-10-19(11-7-16)15(20)14(3)17/h13-14H,4-12,17H2,1-3H3. The van der Waals surface area contributed by atoms with E-state index >= 15 is 0 Å². The molecule has 2 fully saturated rings. The Morgan fingerprint density at radius 1 is 1.05 bits per heavy atom. The SMILES string of the molecule is CC(C)CN1CCC2(CC1)CCN(C(=O)C(C)N)CC2. The maximum Gasteiger partial charge on any atom is 0.239 e.